The van der Waals surface area contributed by atoms with Crippen molar-refractivity contribution in [2.75, 3.05) is 6.26 Å². The van der Waals surface area contributed by atoms with Crippen LogP contribution < -0.4 is 0 Å². The number of fused-ring (bicyclic) bond motifs is 1. The van der Waals surface area contributed by atoms with Crippen LogP contribution in [0.5, 0.6) is 0 Å². The minimum absolute atomic E-state index is 0.171. The van der Waals surface area contributed by atoms with Gasteiger partial charge in [0.15, 0.2) is 18.2 Å². The number of benzene rings is 1. The fraction of sp³-hybridized carbons (Fsp3) is 0.611. The van der Waals surface area contributed by atoms with Crippen LogP contribution in [0.4, 0.5) is 0 Å². The molecule has 0 amide bonds. The van der Waals surface area contributed by atoms with Crippen molar-refractivity contribution >= 4 is 28.4 Å². The molecule has 5 atom stereocenters. The van der Waals surface area contributed by atoms with Gasteiger partial charge in [0.2, 0.25) is 4.38 Å². The molecule has 7 heteroatoms. The van der Waals surface area contributed by atoms with Crippen LogP contribution in [0.25, 0.3) is 0 Å². The molecule has 25 heavy (non-hydrogen) atoms. The van der Waals surface area contributed by atoms with Crippen LogP contribution in [0.2, 0.25) is 0 Å². The number of hydrogen-bond acceptors (Lipinski definition) is 7. The summed E-state index contributed by atoms with van der Waals surface area (Å²) in [5.74, 6) is -0.691. The SMILES string of the molecule is CSC(=S)O[C@H]1[C@@H](OCc2ccccc2)O[C@H](C)[C@@H]2OC(C)(C)O[C@@H]21. The first-order chi connectivity index (χ1) is 11.9. The molecule has 0 aliphatic carbocycles. The zero-order chi connectivity index (χ0) is 18.0. The summed E-state index contributed by atoms with van der Waals surface area (Å²) in [4.78, 5) is 0. The molecule has 138 valence electrons. The van der Waals surface area contributed by atoms with Gasteiger partial charge in [0, 0.05) is 0 Å². The van der Waals surface area contributed by atoms with Crippen LogP contribution in [0.3, 0.4) is 0 Å². The highest BCUT2D eigenvalue weighted by atomic mass is 32.2. The minimum Gasteiger partial charge on any atom is -0.467 e. The van der Waals surface area contributed by atoms with E-state index in [2.05, 4.69) is 0 Å². The van der Waals surface area contributed by atoms with Crippen molar-refractivity contribution in [2.45, 2.75) is 63.9 Å². The number of ether oxygens (including phenoxy) is 5. The smallest absolute Gasteiger partial charge is 0.220 e. The van der Waals surface area contributed by atoms with Gasteiger partial charge in [0.25, 0.3) is 0 Å². The largest absolute Gasteiger partial charge is 0.467 e. The Labute approximate surface area is 158 Å². The summed E-state index contributed by atoms with van der Waals surface area (Å²) in [5.41, 5.74) is 1.07. The third kappa shape index (κ3) is 4.53. The van der Waals surface area contributed by atoms with Gasteiger partial charge in [-0.3, -0.25) is 0 Å². The van der Waals surface area contributed by atoms with Gasteiger partial charge in [-0.15, -0.1) is 0 Å². The van der Waals surface area contributed by atoms with E-state index >= 15 is 0 Å². The van der Waals surface area contributed by atoms with Gasteiger partial charge in [0.1, 0.15) is 12.2 Å². The van der Waals surface area contributed by atoms with Crippen LogP contribution in [0, 0.1) is 0 Å². The van der Waals surface area contributed by atoms with Crippen LogP contribution >= 0.6 is 24.0 Å². The van der Waals surface area contributed by atoms with Crippen molar-refractivity contribution in [2.24, 2.45) is 0 Å². The molecule has 2 fully saturated rings. The second kappa shape index (κ2) is 7.90. The Kier molecular flexibility index (Phi) is 6.03. The Morgan fingerprint density at radius 3 is 2.56 bits per heavy atom. The summed E-state index contributed by atoms with van der Waals surface area (Å²) >= 11 is 6.62. The molecule has 2 aliphatic heterocycles. The third-order valence-electron chi connectivity index (χ3n) is 4.22. The maximum atomic E-state index is 6.09. The Morgan fingerprint density at radius 1 is 1.20 bits per heavy atom. The molecule has 0 aromatic heterocycles. The number of thioether (sulfide) groups is 1. The second-order valence-corrected chi connectivity index (χ2v) is 8.02. The van der Waals surface area contributed by atoms with Crippen molar-refractivity contribution in [1.82, 2.24) is 0 Å². The summed E-state index contributed by atoms with van der Waals surface area (Å²) in [7, 11) is 0. The van der Waals surface area contributed by atoms with Gasteiger partial charge in [-0.2, -0.15) is 0 Å². The molecule has 0 saturated carbocycles. The van der Waals surface area contributed by atoms with E-state index in [-0.39, 0.29) is 18.3 Å². The molecule has 5 nitrogen and oxygen atoms in total. The molecule has 0 bridgehead atoms. The molecule has 3 rings (SSSR count). The maximum Gasteiger partial charge on any atom is 0.220 e. The zero-order valence-electron chi connectivity index (χ0n) is 14.8. The summed E-state index contributed by atoms with van der Waals surface area (Å²) < 4.78 is 30.5. The van der Waals surface area contributed by atoms with E-state index in [1.807, 2.05) is 57.4 Å². The summed E-state index contributed by atoms with van der Waals surface area (Å²) in [6, 6.07) is 9.95. The Bertz CT molecular complexity index is 594. The molecule has 0 spiro atoms. The molecule has 0 unspecified atom stereocenters. The third-order valence-corrected chi connectivity index (χ3v) is 5.25. The van der Waals surface area contributed by atoms with E-state index in [0.29, 0.717) is 11.0 Å². The molecular weight excluding hydrogens is 360 g/mol. The topological polar surface area (TPSA) is 46.2 Å². The predicted octanol–water partition coefficient (Wildman–Crippen LogP) is 3.50. The van der Waals surface area contributed by atoms with Crippen molar-refractivity contribution in [3.05, 3.63) is 35.9 Å². The van der Waals surface area contributed by atoms with Crippen LogP contribution in [0.15, 0.2) is 30.3 Å². The van der Waals surface area contributed by atoms with E-state index in [0.717, 1.165) is 5.56 Å². The lowest BCUT2D eigenvalue weighted by atomic mass is 10.00. The normalized spacial score (nSPS) is 33.7. The first kappa shape index (κ1) is 19.1. The first-order valence-corrected chi connectivity index (χ1v) is 9.94. The van der Waals surface area contributed by atoms with E-state index in [1.54, 1.807) is 0 Å². The van der Waals surface area contributed by atoms with Gasteiger partial charge < -0.3 is 23.7 Å². The maximum absolute atomic E-state index is 6.09. The summed E-state index contributed by atoms with van der Waals surface area (Å²) in [6.45, 7) is 6.17. The van der Waals surface area contributed by atoms with Crippen molar-refractivity contribution in [1.29, 1.82) is 0 Å². The molecular formula is C18H24O5S2. The first-order valence-electron chi connectivity index (χ1n) is 8.31. The average Bonchev–Trinajstić information content (AvgIpc) is 2.92. The molecule has 2 heterocycles. The quantitative estimate of drug-likeness (QED) is 0.736. The van der Waals surface area contributed by atoms with Gasteiger partial charge in [0.05, 0.1) is 12.7 Å². The molecule has 2 aliphatic rings. The minimum atomic E-state index is -0.691. The van der Waals surface area contributed by atoms with Gasteiger partial charge >= 0.3 is 0 Å². The van der Waals surface area contributed by atoms with Gasteiger partial charge in [-0.1, -0.05) is 42.1 Å². The van der Waals surface area contributed by atoms with E-state index in [1.165, 1.54) is 11.8 Å². The van der Waals surface area contributed by atoms with Crippen LogP contribution in [0.1, 0.15) is 26.3 Å². The molecule has 0 N–H and O–H groups in total. The Hall–Kier alpha value is -0.700. The molecule has 1 aromatic rings. The second-order valence-electron chi connectivity index (χ2n) is 6.61. The van der Waals surface area contributed by atoms with Gasteiger partial charge in [-0.25, -0.2) is 0 Å². The predicted molar refractivity (Wildman–Crippen MR) is 100 cm³/mol. The molecule has 1 aromatic carbocycles. The van der Waals surface area contributed by atoms with E-state index in [4.69, 9.17) is 35.9 Å². The lowest BCUT2D eigenvalue weighted by molar-refractivity contribution is -0.273. The standard InChI is InChI=1S/C18H24O5S2/c1-11-13-14(23-18(2,3)22-13)15(21-17(24)25-4)16(20-11)19-10-12-8-6-5-7-9-12/h5-9,11,13-16H,10H2,1-4H3/t11-,13+,14+,15-,16+/m1/s1. The number of thiocarbonyl (C=S) groups is 1. The van der Waals surface area contributed by atoms with E-state index in [9.17, 15) is 0 Å². The monoisotopic (exact) mass is 384 g/mol. The number of hydrogen-bond donors (Lipinski definition) is 0. The summed E-state index contributed by atoms with van der Waals surface area (Å²) in [6.07, 6.45) is 0.119. The zero-order valence-corrected chi connectivity index (χ0v) is 16.5. The van der Waals surface area contributed by atoms with Crippen molar-refractivity contribution < 1.29 is 23.7 Å². The van der Waals surface area contributed by atoms with Crippen molar-refractivity contribution in [3.8, 4) is 0 Å². The van der Waals surface area contributed by atoms with Crippen LogP contribution in [-0.4, -0.2) is 47.1 Å². The highest BCUT2D eigenvalue weighted by molar-refractivity contribution is 8.22. The highest BCUT2D eigenvalue weighted by Gasteiger charge is 2.55. The Morgan fingerprint density at radius 2 is 1.88 bits per heavy atom. The Balaban J connectivity index is 1.76. The van der Waals surface area contributed by atoms with Gasteiger partial charge in [-0.05, 0) is 44.8 Å². The lowest BCUT2D eigenvalue weighted by Gasteiger charge is -2.40. The molecule has 0 radical (unpaired) electrons. The lowest BCUT2D eigenvalue weighted by Crippen LogP contribution is -2.57. The fourth-order valence-corrected chi connectivity index (χ4v) is 3.44. The fourth-order valence-electron chi connectivity index (χ4n) is 3.12. The number of rotatable bonds is 4. The highest BCUT2D eigenvalue weighted by Crippen LogP contribution is 2.39. The molecule has 2 saturated heterocycles. The van der Waals surface area contributed by atoms with Crippen LogP contribution in [-0.2, 0) is 30.3 Å². The summed E-state index contributed by atoms with van der Waals surface area (Å²) in [5, 5.41) is 0. The van der Waals surface area contributed by atoms with Crippen molar-refractivity contribution in [3.63, 3.8) is 0 Å². The van der Waals surface area contributed by atoms with E-state index < -0.39 is 18.2 Å². The average molecular weight is 385 g/mol.